The molecule has 3 aromatic carbocycles. The van der Waals surface area contributed by atoms with Crippen LogP contribution in [0.4, 0.5) is 0 Å². The Balaban J connectivity index is 1.38. The van der Waals surface area contributed by atoms with Crippen molar-refractivity contribution in [1.82, 2.24) is 15.3 Å². The average Bonchev–Trinajstić information content (AvgIpc) is 2.81. The van der Waals surface area contributed by atoms with Crippen molar-refractivity contribution < 1.29 is 9.94 Å². The fourth-order valence-electron chi connectivity index (χ4n) is 3.95. The molecule has 2 N–H and O–H groups in total. The van der Waals surface area contributed by atoms with Crippen LogP contribution in [0.1, 0.15) is 11.1 Å². The summed E-state index contributed by atoms with van der Waals surface area (Å²) < 4.78 is 5.99. The lowest BCUT2D eigenvalue weighted by molar-refractivity contribution is -0.118. The first-order chi connectivity index (χ1) is 15.6. The van der Waals surface area contributed by atoms with Gasteiger partial charge in [-0.15, -0.1) is 0 Å². The molecule has 1 atom stereocenters. The van der Waals surface area contributed by atoms with Crippen molar-refractivity contribution in [1.29, 1.82) is 0 Å². The van der Waals surface area contributed by atoms with Gasteiger partial charge in [0.25, 0.3) is 0 Å². The van der Waals surface area contributed by atoms with Crippen LogP contribution >= 0.6 is 11.6 Å². The summed E-state index contributed by atoms with van der Waals surface area (Å²) in [4.78, 5) is 2.42. The molecule has 0 aromatic heterocycles. The monoisotopic (exact) mass is 451 g/mol. The van der Waals surface area contributed by atoms with Crippen molar-refractivity contribution in [2.75, 3.05) is 32.7 Å². The quantitative estimate of drug-likeness (QED) is 0.487. The average molecular weight is 452 g/mol. The molecule has 0 radical (unpaired) electrons. The highest BCUT2D eigenvalue weighted by molar-refractivity contribution is 6.30. The van der Waals surface area contributed by atoms with E-state index in [1.54, 1.807) is 0 Å². The summed E-state index contributed by atoms with van der Waals surface area (Å²) in [6.07, 6.45) is 0.959. The van der Waals surface area contributed by atoms with Crippen molar-refractivity contribution in [3.05, 3.63) is 95.0 Å². The highest BCUT2D eigenvalue weighted by Crippen LogP contribution is 2.24. The normalized spacial score (nSPS) is 16.1. The van der Waals surface area contributed by atoms with E-state index in [9.17, 15) is 5.21 Å². The Kier molecular flexibility index (Phi) is 8.15. The Morgan fingerprint density at radius 3 is 2.31 bits per heavy atom. The van der Waals surface area contributed by atoms with Crippen LogP contribution in [0.5, 0.6) is 11.5 Å². The number of piperazine rings is 1. The Bertz CT molecular complexity index is 960. The number of nitrogens with one attached hydrogen (secondary N) is 1. The molecule has 1 aliphatic rings. The number of nitrogens with zero attached hydrogens (tertiary/aromatic N) is 2. The smallest absolute Gasteiger partial charge is 0.127 e. The summed E-state index contributed by atoms with van der Waals surface area (Å²) in [5.41, 5.74) is 2.50. The third-order valence-electron chi connectivity index (χ3n) is 5.69. The first-order valence-corrected chi connectivity index (χ1v) is 11.5. The van der Waals surface area contributed by atoms with E-state index >= 15 is 0 Å². The highest BCUT2D eigenvalue weighted by Gasteiger charge is 2.19. The van der Waals surface area contributed by atoms with E-state index in [1.807, 2.05) is 36.4 Å². The molecule has 3 aromatic rings. The number of hydrogen-bond acceptors (Lipinski definition) is 5. The number of hydrogen-bond donors (Lipinski definition) is 2. The first-order valence-electron chi connectivity index (χ1n) is 11.1. The molecule has 0 saturated carbocycles. The Morgan fingerprint density at radius 1 is 0.844 bits per heavy atom. The molecule has 1 heterocycles. The van der Waals surface area contributed by atoms with Gasteiger partial charge in [-0.1, -0.05) is 54.1 Å². The van der Waals surface area contributed by atoms with Crippen LogP contribution in [0.2, 0.25) is 5.02 Å². The van der Waals surface area contributed by atoms with Crippen molar-refractivity contribution in [3.63, 3.8) is 0 Å². The van der Waals surface area contributed by atoms with Crippen molar-refractivity contribution >= 4 is 11.6 Å². The van der Waals surface area contributed by atoms with Crippen molar-refractivity contribution in [3.8, 4) is 11.5 Å². The van der Waals surface area contributed by atoms with Gasteiger partial charge in [0.05, 0.1) is 0 Å². The zero-order valence-electron chi connectivity index (χ0n) is 18.2. The molecule has 168 valence electrons. The number of halogens is 1. The van der Waals surface area contributed by atoms with Crippen molar-refractivity contribution in [2.45, 2.75) is 19.0 Å². The van der Waals surface area contributed by atoms with E-state index in [2.05, 4.69) is 52.7 Å². The molecule has 32 heavy (non-hydrogen) atoms. The Labute approximate surface area is 195 Å². The third-order valence-corrected chi connectivity index (χ3v) is 5.95. The molecule has 0 spiro atoms. The summed E-state index contributed by atoms with van der Waals surface area (Å²) >= 11 is 5.96. The fraction of sp³-hybridized carbons (Fsp3) is 0.308. The van der Waals surface area contributed by atoms with Gasteiger partial charge in [0.15, 0.2) is 0 Å². The van der Waals surface area contributed by atoms with E-state index < -0.39 is 0 Å². The summed E-state index contributed by atoms with van der Waals surface area (Å²) in [5, 5.41) is 15.5. The first kappa shape index (κ1) is 22.8. The molecule has 0 aliphatic carbocycles. The molecule has 1 fully saturated rings. The van der Waals surface area contributed by atoms with Crippen LogP contribution in [0, 0.1) is 0 Å². The predicted molar refractivity (Wildman–Crippen MR) is 129 cm³/mol. The van der Waals surface area contributed by atoms with Crippen LogP contribution in [-0.2, 0) is 13.0 Å². The zero-order chi connectivity index (χ0) is 22.2. The molecule has 1 unspecified atom stereocenters. The van der Waals surface area contributed by atoms with Crippen LogP contribution < -0.4 is 10.1 Å². The van der Waals surface area contributed by atoms with E-state index in [1.165, 1.54) is 16.2 Å². The minimum atomic E-state index is 0.309. The number of benzene rings is 3. The maximum atomic E-state index is 9.67. The standard InChI is InChI=1S/C26H30ClN3O2/c27-23-9-11-25(12-10-23)32-26-8-4-7-22(18-26)19-28-24(17-21-5-2-1-3-6-21)20-29-13-15-30(31)16-14-29/h1-12,18,24,28,31H,13-17,19-20H2. The molecule has 6 heteroatoms. The molecule has 0 bridgehead atoms. The third kappa shape index (κ3) is 7.05. The maximum Gasteiger partial charge on any atom is 0.127 e. The van der Waals surface area contributed by atoms with Gasteiger partial charge < -0.3 is 15.3 Å². The van der Waals surface area contributed by atoms with E-state index in [0.717, 1.165) is 44.1 Å². The molecular formula is C26H30ClN3O2. The van der Waals surface area contributed by atoms with Gasteiger partial charge in [0, 0.05) is 50.3 Å². The summed E-state index contributed by atoms with van der Waals surface area (Å²) in [6, 6.07) is 26.5. The molecule has 5 nitrogen and oxygen atoms in total. The second-order valence-corrected chi connectivity index (χ2v) is 8.66. The summed E-state index contributed by atoms with van der Waals surface area (Å²) in [6.45, 7) is 4.87. The number of ether oxygens (including phenoxy) is 1. The van der Waals surface area contributed by atoms with Crippen LogP contribution in [-0.4, -0.2) is 53.9 Å². The van der Waals surface area contributed by atoms with E-state index in [4.69, 9.17) is 16.3 Å². The van der Waals surface area contributed by atoms with E-state index in [-0.39, 0.29) is 0 Å². The molecule has 1 aliphatic heterocycles. The van der Waals surface area contributed by atoms with E-state index in [0.29, 0.717) is 24.2 Å². The van der Waals surface area contributed by atoms with Gasteiger partial charge in [-0.2, -0.15) is 5.06 Å². The predicted octanol–water partition coefficient (Wildman–Crippen LogP) is 4.84. The molecule has 1 saturated heterocycles. The van der Waals surface area contributed by atoms with Crippen LogP contribution in [0.25, 0.3) is 0 Å². The maximum absolute atomic E-state index is 9.67. The Hall–Kier alpha value is -2.41. The minimum Gasteiger partial charge on any atom is -0.457 e. The molecule has 4 rings (SSSR count). The van der Waals surface area contributed by atoms with Crippen molar-refractivity contribution in [2.24, 2.45) is 0 Å². The minimum absolute atomic E-state index is 0.309. The largest absolute Gasteiger partial charge is 0.457 e. The number of hydroxylamine groups is 2. The van der Waals surface area contributed by atoms with Gasteiger partial charge in [-0.3, -0.25) is 4.90 Å². The lowest BCUT2D eigenvalue weighted by Gasteiger charge is -2.34. The summed E-state index contributed by atoms with van der Waals surface area (Å²) in [7, 11) is 0. The van der Waals surface area contributed by atoms with Gasteiger partial charge in [-0.05, 0) is 53.9 Å². The summed E-state index contributed by atoms with van der Waals surface area (Å²) in [5.74, 6) is 1.58. The van der Waals surface area contributed by atoms with Gasteiger partial charge in [0.1, 0.15) is 11.5 Å². The molecule has 0 amide bonds. The topological polar surface area (TPSA) is 48.0 Å². The second-order valence-electron chi connectivity index (χ2n) is 8.23. The van der Waals surface area contributed by atoms with Crippen LogP contribution in [0.3, 0.4) is 0 Å². The second kappa shape index (κ2) is 11.5. The van der Waals surface area contributed by atoms with Gasteiger partial charge in [-0.25, -0.2) is 0 Å². The molecular weight excluding hydrogens is 422 g/mol. The fourth-order valence-corrected chi connectivity index (χ4v) is 4.08. The Morgan fingerprint density at radius 2 is 1.56 bits per heavy atom. The van der Waals surface area contributed by atoms with Gasteiger partial charge in [0.2, 0.25) is 0 Å². The number of rotatable bonds is 9. The SMILES string of the molecule is ON1CCN(CC(Cc2ccccc2)NCc2cccc(Oc3ccc(Cl)cc3)c2)CC1. The van der Waals surface area contributed by atoms with Gasteiger partial charge >= 0.3 is 0 Å². The zero-order valence-corrected chi connectivity index (χ0v) is 18.9. The highest BCUT2D eigenvalue weighted by atomic mass is 35.5. The lowest BCUT2D eigenvalue weighted by atomic mass is 10.0. The van der Waals surface area contributed by atoms with Crippen LogP contribution in [0.15, 0.2) is 78.9 Å². The lowest BCUT2D eigenvalue weighted by Crippen LogP contribution is -2.50.